The summed E-state index contributed by atoms with van der Waals surface area (Å²) in [6.07, 6.45) is -1.80. The number of hydrogen-bond donors (Lipinski definition) is 2. The average molecular weight is 541 g/mol. The van der Waals surface area contributed by atoms with Crippen LogP contribution in [0.3, 0.4) is 0 Å². The first-order valence-electron chi connectivity index (χ1n) is 11.9. The molecule has 2 N–H and O–H groups in total. The molecule has 0 bridgehead atoms. The van der Waals surface area contributed by atoms with Gasteiger partial charge in [0.2, 0.25) is 0 Å². The molecule has 2 aliphatic rings. The molecule has 8 nitrogen and oxygen atoms in total. The van der Waals surface area contributed by atoms with Crippen molar-refractivity contribution in [3.8, 4) is 0 Å². The van der Waals surface area contributed by atoms with Gasteiger partial charge in [0.1, 0.15) is 22.8 Å². The fourth-order valence-corrected chi connectivity index (χ4v) is 6.04. The zero-order valence-corrected chi connectivity index (χ0v) is 20.8. The highest BCUT2D eigenvalue weighted by atomic mass is 35.5. The lowest BCUT2D eigenvalue weighted by Gasteiger charge is -2.24. The number of aryl methyl sites for hydroxylation is 2. The molecule has 0 aliphatic heterocycles. The number of fused-ring (bicyclic) bond motifs is 1. The first kappa shape index (κ1) is 25.7. The maximum Gasteiger partial charge on any atom is 0.437 e. The number of carbonyl (C=O) groups is 1. The lowest BCUT2D eigenvalue weighted by Crippen LogP contribution is -2.27. The van der Waals surface area contributed by atoms with Crippen molar-refractivity contribution < 1.29 is 27.5 Å². The molecule has 2 atom stereocenters. The standard InChI is InChI=1S/C24H25ClF4N6O2/c1-3-35-32-20(21(33-35)24(27,28)29)23(37)9-13-6-12(7-14(13)10-23)18-19(34(2)11-30-18)22(36)31-15-4-5-17(26)16(25)8-15/h4-5,8,11-14,37H,3,6-7,9-10H2,1-2H3,(H,31,36). The molecule has 2 aliphatic carbocycles. The molecule has 0 radical (unpaired) electrons. The minimum absolute atomic E-state index is 0.0586. The second-order valence-corrected chi connectivity index (χ2v) is 10.3. The van der Waals surface area contributed by atoms with E-state index in [9.17, 15) is 27.5 Å². The number of anilines is 1. The van der Waals surface area contributed by atoms with Gasteiger partial charge in [-0.25, -0.2) is 9.37 Å². The maximum absolute atomic E-state index is 13.6. The summed E-state index contributed by atoms with van der Waals surface area (Å²) in [6.45, 7) is 1.79. The minimum Gasteiger partial charge on any atom is -0.383 e. The zero-order chi connectivity index (χ0) is 26.7. The predicted octanol–water partition coefficient (Wildman–Crippen LogP) is 4.89. The van der Waals surface area contributed by atoms with E-state index in [0.717, 1.165) is 10.9 Å². The molecule has 37 heavy (non-hydrogen) atoms. The Morgan fingerprint density at radius 2 is 1.92 bits per heavy atom. The molecule has 13 heteroatoms. The summed E-state index contributed by atoms with van der Waals surface area (Å²) in [5, 5.41) is 21.4. The molecule has 2 saturated carbocycles. The van der Waals surface area contributed by atoms with Crippen molar-refractivity contribution in [2.45, 2.75) is 56.8 Å². The highest BCUT2D eigenvalue weighted by molar-refractivity contribution is 6.31. The van der Waals surface area contributed by atoms with E-state index in [2.05, 4.69) is 20.5 Å². The SMILES string of the molecule is CCn1nc(C(F)(F)F)c(C2(O)CC3CC(c4ncn(C)c4C(=O)Nc4ccc(F)c(Cl)c4)CC3C2)n1. The number of hydrogen-bond acceptors (Lipinski definition) is 5. The Labute approximate surface area is 214 Å². The Morgan fingerprint density at radius 3 is 2.51 bits per heavy atom. The van der Waals surface area contributed by atoms with Gasteiger partial charge < -0.3 is 15.0 Å². The van der Waals surface area contributed by atoms with E-state index >= 15 is 0 Å². The number of carbonyl (C=O) groups excluding carboxylic acids is 1. The first-order chi connectivity index (χ1) is 17.4. The molecule has 198 valence electrons. The summed E-state index contributed by atoms with van der Waals surface area (Å²) in [7, 11) is 1.69. The van der Waals surface area contributed by atoms with Crippen LogP contribution in [-0.4, -0.2) is 35.6 Å². The van der Waals surface area contributed by atoms with Gasteiger partial charge in [-0.2, -0.15) is 23.1 Å². The Hall–Kier alpha value is -2.99. The number of imidazole rings is 1. The van der Waals surface area contributed by atoms with E-state index in [1.165, 1.54) is 18.5 Å². The number of aromatic nitrogens is 5. The van der Waals surface area contributed by atoms with E-state index in [-0.39, 0.29) is 42.2 Å². The fourth-order valence-electron chi connectivity index (χ4n) is 5.86. The van der Waals surface area contributed by atoms with Crippen LogP contribution < -0.4 is 5.32 Å². The summed E-state index contributed by atoms with van der Waals surface area (Å²) in [5.41, 5.74) is -2.02. The highest BCUT2D eigenvalue weighted by Crippen LogP contribution is 2.57. The molecule has 3 aromatic rings. The number of halogens is 5. The van der Waals surface area contributed by atoms with Gasteiger partial charge >= 0.3 is 6.18 Å². The molecular formula is C24H25ClF4N6O2. The topological polar surface area (TPSA) is 97.9 Å². The molecule has 5 rings (SSSR count). The van der Waals surface area contributed by atoms with E-state index in [0.29, 0.717) is 29.9 Å². The van der Waals surface area contributed by atoms with Crippen LogP contribution in [0.4, 0.5) is 23.2 Å². The number of nitrogens with one attached hydrogen (secondary N) is 1. The lowest BCUT2D eigenvalue weighted by atomic mass is 9.89. The second kappa shape index (κ2) is 9.09. The Bertz CT molecular complexity index is 1340. The van der Waals surface area contributed by atoms with Crippen molar-refractivity contribution in [3.05, 3.63) is 58.1 Å². The van der Waals surface area contributed by atoms with E-state index < -0.39 is 34.9 Å². The normalized spacial score (nSPS) is 25.5. The molecule has 2 aromatic heterocycles. The fraction of sp³-hybridized carbons (Fsp3) is 0.500. The minimum atomic E-state index is -4.72. The van der Waals surface area contributed by atoms with Gasteiger partial charge in [-0.05, 0) is 62.6 Å². The Balaban J connectivity index is 1.34. The van der Waals surface area contributed by atoms with Gasteiger partial charge in [0.25, 0.3) is 5.91 Å². The summed E-state index contributed by atoms with van der Waals surface area (Å²) >= 11 is 5.82. The van der Waals surface area contributed by atoms with Crippen LogP contribution in [0, 0.1) is 17.7 Å². The third-order valence-electron chi connectivity index (χ3n) is 7.43. The number of amides is 1. The summed E-state index contributed by atoms with van der Waals surface area (Å²) in [5.74, 6) is -1.25. The quantitative estimate of drug-likeness (QED) is 0.449. The largest absolute Gasteiger partial charge is 0.437 e. The van der Waals surface area contributed by atoms with Crippen molar-refractivity contribution in [2.24, 2.45) is 18.9 Å². The number of alkyl halides is 3. The highest BCUT2D eigenvalue weighted by Gasteiger charge is 2.55. The van der Waals surface area contributed by atoms with Gasteiger partial charge in [-0.3, -0.25) is 4.79 Å². The van der Waals surface area contributed by atoms with Crippen LogP contribution in [-0.2, 0) is 25.4 Å². The lowest BCUT2D eigenvalue weighted by molar-refractivity contribution is -0.144. The van der Waals surface area contributed by atoms with Crippen LogP contribution in [0.25, 0.3) is 0 Å². The van der Waals surface area contributed by atoms with Crippen LogP contribution in [0.2, 0.25) is 5.02 Å². The summed E-state index contributed by atoms with van der Waals surface area (Å²) in [4.78, 5) is 18.5. The third-order valence-corrected chi connectivity index (χ3v) is 7.72. The molecule has 1 aromatic carbocycles. The summed E-state index contributed by atoms with van der Waals surface area (Å²) < 4.78 is 55.9. The molecule has 1 amide bonds. The predicted molar refractivity (Wildman–Crippen MR) is 125 cm³/mol. The molecule has 2 heterocycles. The number of rotatable bonds is 5. The number of benzene rings is 1. The smallest absolute Gasteiger partial charge is 0.383 e. The van der Waals surface area contributed by atoms with Crippen LogP contribution in [0.15, 0.2) is 24.5 Å². The monoisotopic (exact) mass is 540 g/mol. The Morgan fingerprint density at radius 1 is 1.24 bits per heavy atom. The molecule has 2 fully saturated rings. The first-order valence-corrected chi connectivity index (χ1v) is 12.3. The molecule has 0 spiro atoms. The van der Waals surface area contributed by atoms with Crippen molar-refractivity contribution in [3.63, 3.8) is 0 Å². The van der Waals surface area contributed by atoms with E-state index in [1.807, 2.05) is 0 Å². The van der Waals surface area contributed by atoms with Gasteiger partial charge in [-0.15, -0.1) is 5.10 Å². The van der Waals surface area contributed by atoms with Gasteiger partial charge in [-0.1, -0.05) is 11.6 Å². The summed E-state index contributed by atoms with van der Waals surface area (Å²) in [6, 6.07) is 3.88. The van der Waals surface area contributed by atoms with Crippen LogP contribution in [0.1, 0.15) is 66.1 Å². The maximum atomic E-state index is 13.6. The molecule has 2 unspecified atom stereocenters. The third kappa shape index (κ3) is 4.61. The van der Waals surface area contributed by atoms with Crippen molar-refractivity contribution >= 4 is 23.2 Å². The van der Waals surface area contributed by atoms with Crippen molar-refractivity contribution in [2.75, 3.05) is 5.32 Å². The molecule has 0 saturated heterocycles. The zero-order valence-electron chi connectivity index (χ0n) is 20.1. The Kier molecular flexibility index (Phi) is 6.30. The van der Waals surface area contributed by atoms with Gasteiger partial charge in [0.15, 0.2) is 5.69 Å². The van der Waals surface area contributed by atoms with Gasteiger partial charge in [0, 0.05) is 18.7 Å². The van der Waals surface area contributed by atoms with E-state index in [1.54, 1.807) is 18.5 Å². The van der Waals surface area contributed by atoms with Gasteiger partial charge in [0.05, 0.1) is 23.6 Å². The van der Waals surface area contributed by atoms with Crippen molar-refractivity contribution in [1.29, 1.82) is 0 Å². The number of aliphatic hydroxyl groups is 1. The van der Waals surface area contributed by atoms with Crippen molar-refractivity contribution in [1.82, 2.24) is 24.5 Å². The van der Waals surface area contributed by atoms with E-state index in [4.69, 9.17) is 11.6 Å². The average Bonchev–Trinajstić information content (AvgIpc) is 3.57. The van der Waals surface area contributed by atoms with Crippen LogP contribution >= 0.6 is 11.6 Å². The molecular weight excluding hydrogens is 516 g/mol. The van der Waals surface area contributed by atoms with Crippen LogP contribution in [0.5, 0.6) is 0 Å². The number of nitrogens with zero attached hydrogens (tertiary/aromatic N) is 5. The second-order valence-electron chi connectivity index (χ2n) is 9.88.